The number of aromatic nitrogens is 1. The predicted molar refractivity (Wildman–Crippen MR) is 86.3 cm³/mol. The van der Waals surface area contributed by atoms with Crippen molar-refractivity contribution in [1.29, 1.82) is 0 Å². The SMILES string of the molecule is O=C(O)C1CCC2(CC1)CC(NC/C=C/c1ccncc1)C2. The van der Waals surface area contributed by atoms with Gasteiger partial charge in [-0.2, -0.15) is 0 Å². The van der Waals surface area contributed by atoms with Gasteiger partial charge in [-0.05, 0) is 61.6 Å². The van der Waals surface area contributed by atoms with E-state index in [9.17, 15) is 4.79 Å². The molecule has 0 aliphatic heterocycles. The summed E-state index contributed by atoms with van der Waals surface area (Å²) >= 11 is 0. The van der Waals surface area contributed by atoms with Gasteiger partial charge in [0.1, 0.15) is 0 Å². The summed E-state index contributed by atoms with van der Waals surface area (Å²) < 4.78 is 0. The maximum Gasteiger partial charge on any atom is 0.306 e. The fourth-order valence-electron chi connectivity index (χ4n) is 3.92. The second-order valence-electron chi connectivity index (χ2n) is 6.81. The lowest BCUT2D eigenvalue weighted by atomic mass is 9.57. The second kappa shape index (κ2) is 6.61. The summed E-state index contributed by atoms with van der Waals surface area (Å²) in [4.78, 5) is 15.0. The highest BCUT2D eigenvalue weighted by molar-refractivity contribution is 5.70. The van der Waals surface area contributed by atoms with Crippen LogP contribution < -0.4 is 5.32 Å². The van der Waals surface area contributed by atoms with E-state index in [0.29, 0.717) is 11.5 Å². The fourth-order valence-corrected chi connectivity index (χ4v) is 3.92. The molecule has 0 bridgehead atoms. The molecule has 1 heterocycles. The van der Waals surface area contributed by atoms with Crippen molar-refractivity contribution in [3.63, 3.8) is 0 Å². The van der Waals surface area contributed by atoms with Crippen LogP contribution in [-0.4, -0.2) is 28.6 Å². The van der Waals surface area contributed by atoms with Crippen molar-refractivity contribution in [3.05, 3.63) is 36.2 Å². The lowest BCUT2D eigenvalue weighted by molar-refractivity contribution is -0.144. The minimum Gasteiger partial charge on any atom is -0.481 e. The van der Waals surface area contributed by atoms with E-state index >= 15 is 0 Å². The summed E-state index contributed by atoms with van der Waals surface area (Å²) in [7, 11) is 0. The molecule has 2 fully saturated rings. The first-order valence-electron chi connectivity index (χ1n) is 8.20. The highest BCUT2D eigenvalue weighted by Gasteiger charge is 2.46. The van der Waals surface area contributed by atoms with Crippen LogP contribution in [-0.2, 0) is 4.79 Å². The molecule has 1 aromatic rings. The third kappa shape index (κ3) is 3.55. The number of hydrogen-bond donors (Lipinski definition) is 2. The largest absolute Gasteiger partial charge is 0.481 e. The minimum absolute atomic E-state index is 0.0964. The van der Waals surface area contributed by atoms with Gasteiger partial charge in [0.25, 0.3) is 0 Å². The topological polar surface area (TPSA) is 62.2 Å². The molecule has 3 rings (SSSR count). The van der Waals surface area contributed by atoms with E-state index in [2.05, 4.69) is 22.5 Å². The molecule has 1 spiro atoms. The van der Waals surface area contributed by atoms with Crippen molar-refractivity contribution in [3.8, 4) is 0 Å². The number of rotatable bonds is 5. The molecule has 0 aromatic carbocycles. The van der Waals surface area contributed by atoms with Crippen LogP contribution >= 0.6 is 0 Å². The zero-order valence-electron chi connectivity index (χ0n) is 12.9. The van der Waals surface area contributed by atoms with Crippen molar-refractivity contribution < 1.29 is 9.90 Å². The number of nitrogens with one attached hydrogen (secondary N) is 1. The van der Waals surface area contributed by atoms with Gasteiger partial charge in [0.15, 0.2) is 0 Å². The quantitative estimate of drug-likeness (QED) is 0.877. The second-order valence-corrected chi connectivity index (χ2v) is 6.81. The minimum atomic E-state index is -0.606. The molecule has 118 valence electrons. The predicted octanol–water partition coefficient (Wildman–Crippen LogP) is 3.11. The molecular weight excluding hydrogens is 276 g/mol. The Kier molecular flexibility index (Phi) is 4.57. The van der Waals surface area contributed by atoms with Crippen LogP contribution in [0.3, 0.4) is 0 Å². The Hall–Kier alpha value is -1.68. The van der Waals surface area contributed by atoms with E-state index < -0.39 is 5.97 Å². The van der Waals surface area contributed by atoms with Crippen LogP contribution in [0.25, 0.3) is 6.08 Å². The van der Waals surface area contributed by atoms with E-state index in [4.69, 9.17) is 5.11 Å². The molecule has 0 radical (unpaired) electrons. The van der Waals surface area contributed by atoms with E-state index in [1.54, 1.807) is 12.4 Å². The maximum absolute atomic E-state index is 11.0. The van der Waals surface area contributed by atoms with E-state index in [0.717, 1.165) is 32.2 Å². The molecule has 2 N–H and O–H groups in total. The maximum atomic E-state index is 11.0. The number of aliphatic carboxylic acids is 1. The lowest BCUT2D eigenvalue weighted by Crippen LogP contribution is -2.50. The summed E-state index contributed by atoms with van der Waals surface area (Å²) in [5, 5.41) is 12.6. The van der Waals surface area contributed by atoms with Gasteiger partial charge in [0.2, 0.25) is 0 Å². The van der Waals surface area contributed by atoms with Crippen LogP contribution in [0.1, 0.15) is 44.1 Å². The van der Waals surface area contributed by atoms with Gasteiger partial charge < -0.3 is 10.4 Å². The Bertz CT molecular complexity index is 525. The number of carboxylic acids is 1. The van der Waals surface area contributed by atoms with E-state index in [-0.39, 0.29) is 5.92 Å². The van der Waals surface area contributed by atoms with Gasteiger partial charge >= 0.3 is 5.97 Å². The Morgan fingerprint density at radius 2 is 2.00 bits per heavy atom. The molecule has 22 heavy (non-hydrogen) atoms. The van der Waals surface area contributed by atoms with Crippen molar-refractivity contribution in [2.45, 2.75) is 44.6 Å². The van der Waals surface area contributed by atoms with Crippen molar-refractivity contribution in [2.75, 3.05) is 6.54 Å². The van der Waals surface area contributed by atoms with Crippen LogP contribution in [0, 0.1) is 11.3 Å². The molecule has 0 unspecified atom stereocenters. The number of nitrogens with zero attached hydrogens (tertiary/aromatic N) is 1. The molecule has 4 nitrogen and oxygen atoms in total. The smallest absolute Gasteiger partial charge is 0.306 e. The zero-order valence-corrected chi connectivity index (χ0v) is 12.9. The standard InChI is InChI=1S/C18H24N2O2/c21-17(22)15-3-7-18(8-4-15)12-16(13-18)20-9-1-2-14-5-10-19-11-6-14/h1-2,5-6,10-11,15-16,20H,3-4,7-9,12-13H2,(H,21,22)/b2-1+. The van der Waals surface area contributed by atoms with Gasteiger partial charge in [-0.25, -0.2) is 0 Å². The lowest BCUT2D eigenvalue weighted by Gasteiger charge is -2.51. The number of carbonyl (C=O) groups is 1. The Balaban J connectivity index is 1.36. The highest BCUT2D eigenvalue weighted by atomic mass is 16.4. The molecular formula is C18H24N2O2. The number of pyridine rings is 1. The first-order valence-corrected chi connectivity index (χ1v) is 8.20. The molecule has 2 aliphatic carbocycles. The van der Waals surface area contributed by atoms with Crippen molar-refractivity contribution in [1.82, 2.24) is 10.3 Å². The summed E-state index contributed by atoms with van der Waals surface area (Å²) in [6.45, 7) is 0.890. The van der Waals surface area contributed by atoms with Crippen LogP contribution in [0.2, 0.25) is 0 Å². The average Bonchev–Trinajstić information content (AvgIpc) is 2.51. The van der Waals surface area contributed by atoms with Crippen LogP contribution in [0.4, 0.5) is 0 Å². The van der Waals surface area contributed by atoms with Gasteiger partial charge in [0.05, 0.1) is 5.92 Å². The average molecular weight is 300 g/mol. The molecule has 2 aliphatic rings. The highest BCUT2D eigenvalue weighted by Crippen LogP contribution is 2.52. The molecule has 1 aromatic heterocycles. The Morgan fingerprint density at radius 1 is 1.32 bits per heavy atom. The third-order valence-corrected chi connectivity index (χ3v) is 5.30. The molecule has 0 saturated heterocycles. The summed E-state index contributed by atoms with van der Waals surface area (Å²) in [6, 6.07) is 4.59. The zero-order chi connectivity index (χ0) is 15.4. The fraction of sp³-hybridized carbons (Fsp3) is 0.556. The molecule has 4 heteroatoms. The Labute approximate surface area is 131 Å². The monoisotopic (exact) mass is 300 g/mol. The molecule has 2 saturated carbocycles. The third-order valence-electron chi connectivity index (χ3n) is 5.30. The van der Waals surface area contributed by atoms with Crippen molar-refractivity contribution >= 4 is 12.0 Å². The van der Waals surface area contributed by atoms with Gasteiger partial charge in [-0.3, -0.25) is 9.78 Å². The molecule has 0 atom stereocenters. The van der Waals surface area contributed by atoms with Crippen LogP contribution in [0.5, 0.6) is 0 Å². The van der Waals surface area contributed by atoms with Gasteiger partial charge in [-0.1, -0.05) is 12.2 Å². The summed E-state index contributed by atoms with van der Waals surface area (Å²) in [5.41, 5.74) is 1.62. The van der Waals surface area contributed by atoms with Gasteiger partial charge in [-0.15, -0.1) is 0 Å². The van der Waals surface area contributed by atoms with Crippen LogP contribution in [0.15, 0.2) is 30.6 Å². The normalized spacial score (nSPS) is 31.3. The van der Waals surface area contributed by atoms with E-state index in [1.165, 1.54) is 18.4 Å². The first-order chi connectivity index (χ1) is 10.7. The Morgan fingerprint density at radius 3 is 2.64 bits per heavy atom. The summed E-state index contributed by atoms with van der Waals surface area (Å²) in [5.74, 6) is -0.703. The van der Waals surface area contributed by atoms with E-state index in [1.807, 2.05) is 12.1 Å². The summed E-state index contributed by atoms with van der Waals surface area (Å²) in [6.07, 6.45) is 14.2. The number of hydrogen-bond acceptors (Lipinski definition) is 3. The van der Waals surface area contributed by atoms with Gasteiger partial charge in [0, 0.05) is 25.0 Å². The molecule has 0 amide bonds. The van der Waals surface area contributed by atoms with Crippen molar-refractivity contribution in [2.24, 2.45) is 11.3 Å². The first kappa shape index (κ1) is 15.2. The number of carboxylic acid groups (broad SMARTS) is 1.